The molecule has 2 saturated heterocycles. The van der Waals surface area contributed by atoms with Crippen molar-refractivity contribution in [2.75, 3.05) is 52.6 Å². The highest BCUT2D eigenvalue weighted by molar-refractivity contribution is 5.86. The summed E-state index contributed by atoms with van der Waals surface area (Å²) in [5, 5.41) is 54.9. The van der Waals surface area contributed by atoms with Crippen LogP contribution in [-0.2, 0) is 31.9 Å². The lowest BCUT2D eigenvalue weighted by Gasteiger charge is -2.29. The fourth-order valence-electron chi connectivity index (χ4n) is 13.9. The molecule has 6 aliphatic rings. The molecule has 0 saturated carbocycles. The molecular formula is C84H76N4O6. The topological polar surface area (TPSA) is 149 Å². The third-order valence-electron chi connectivity index (χ3n) is 18.5. The zero-order valence-corrected chi connectivity index (χ0v) is 52.9. The number of nitrogens with zero attached hydrogens (tertiary/aromatic N) is 2. The summed E-state index contributed by atoms with van der Waals surface area (Å²) in [6.07, 6.45) is 7.15. The Bertz CT molecular complexity index is 3810. The van der Waals surface area contributed by atoms with Gasteiger partial charge in [-0.1, -0.05) is 243 Å². The third kappa shape index (κ3) is 11.8. The van der Waals surface area contributed by atoms with Gasteiger partial charge in [-0.25, -0.2) is 0 Å². The molecule has 0 atom stereocenters. The summed E-state index contributed by atoms with van der Waals surface area (Å²) in [5.74, 6) is 0. The summed E-state index contributed by atoms with van der Waals surface area (Å²) in [4.78, 5) is 7.69. The first-order chi connectivity index (χ1) is 46.0. The molecular weight excluding hydrogens is 1160 g/mol. The summed E-state index contributed by atoms with van der Waals surface area (Å²) < 4.78 is 10.0. The van der Waals surface area contributed by atoms with Gasteiger partial charge in [0, 0.05) is 95.5 Å². The number of nitrogens with one attached hydrogen (secondary N) is 2. The van der Waals surface area contributed by atoms with Crippen LogP contribution >= 0.6 is 0 Å². The largest absolute Gasteiger partial charge is 0.379 e. The fraction of sp³-hybridized carbons (Fsp3) is 0.167. The predicted molar refractivity (Wildman–Crippen MR) is 374 cm³/mol. The smallest absolute Gasteiger partial charge is 0.141 e. The lowest BCUT2D eigenvalue weighted by Crippen LogP contribution is -2.30. The molecule has 6 N–H and O–H groups in total. The molecule has 4 heterocycles. The zero-order chi connectivity index (χ0) is 64.5. The van der Waals surface area contributed by atoms with Crippen LogP contribution < -0.4 is 10.6 Å². The first kappa shape index (κ1) is 63.0. The van der Waals surface area contributed by atoms with E-state index in [9.17, 15) is 20.4 Å². The molecule has 0 unspecified atom stereocenters. The van der Waals surface area contributed by atoms with E-state index in [0.717, 1.165) is 164 Å². The monoisotopic (exact) mass is 1240 g/mol. The highest BCUT2D eigenvalue weighted by Crippen LogP contribution is 2.56. The Morgan fingerprint density at radius 3 is 0.553 bits per heavy atom. The number of ether oxygens (including phenoxy) is 2. The fourth-order valence-corrected chi connectivity index (χ4v) is 13.9. The lowest BCUT2D eigenvalue weighted by atomic mass is 9.80. The van der Waals surface area contributed by atoms with Crippen LogP contribution in [0.15, 0.2) is 292 Å². The Kier molecular flexibility index (Phi) is 18.6. The number of aliphatic hydroxyl groups is 4. The van der Waals surface area contributed by atoms with E-state index in [-0.39, 0.29) is 0 Å². The average molecular weight is 1240 g/mol. The van der Waals surface area contributed by atoms with Gasteiger partial charge in [-0.3, -0.25) is 9.97 Å². The van der Waals surface area contributed by atoms with Crippen molar-refractivity contribution in [3.8, 4) is 44.5 Å². The van der Waals surface area contributed by atoms with E-state index in [1.54, 1.807) is 24.8 Å². The number of fused-ring (bicyclic) bond motifs is 12. The molecule has 12 aromatic rings. The second kappa shape index (κ2) is 27.8. The summed E-state index contributed by atoms with van der Waals surface area (Å²) in [6.45, 7) is 11.8. The maximum absolute atomic E-state index is 12.1. The molecule has 2 fully saturated rings. The van der Waals surface area contributed by atoms with Gasteiger partial charge in [0.15, 0.2) is 0 Å². The summed E-state index contributed by atoms with van der Waals surface area (Å²) in [5.41, 5.74) is 16.3. The van der Waals surface area contributed by atoms with E-state index in [0.29, 0.717) is 0 Å². The molecule has 0 bridgehead atoms. The van der Waals surface area contributed by atoms with Crippen LogP contribution in [0.4, 0.5) is 0 Å². The van der Waals surface area contributed by atoms with E-state index in [1.165, 1.54) is 11.1 Å². The molecule has 4 aliphatic carbocycles. The van der Waals surface area contributed by atoms with Gasteiger partial charge in [-0.15, -0.1) is 0 Å². The van der Waals surface area contributed by atoms with Crippen molar-refractivity contribution in [1.82, 2.24) is 20.6 Å². The SMILES string of the molecule is C1COCCN1.C1COCCN1.Cc1ccncc1.Cc1ccncc1.OC1(c2ccc(C3(O)c4ccccc4-c4ccccc43)cc2)c2ccccc2-c2ccccc21.OC1(c2ccc(C3(O)c4ccccc4-c4ccccc43)cc2)c2ccccc2-c2ccccc21. The van der Waals surface area contributed by atoms with Crippen LogP contribution in [0.25, 0.3) is 44.5 Å². The van der Waals surface area contributed by atoms with E-state index >= 15 is 0 Å². The van der Waals surface area contributed by atoms with Gasteiger partial charge in [0.25, 0.3) is 0 Å². The molecule has 10 nitrogen and oxygen atoms in total. The molecule has 0 spiro atoms. The predicted octanol–water partition coefficient (Wildman–Crippen LogP) is 14.4. The molecule has 18 rings (SSSR count). The van der Waals surface area contributed by atoms with Crippen molar-refractivity contribution >= 4 is 0 Å². The normalized spacial score (nSPS) is 15.8. The van der Waals surface area contributed by atoms with Crippen LogP contribution in [0.1, 0.15) is 77.9 Å². The van der Waals surface area contributed by atoms with Crippen LogP contribution in [0.2, 0.25) is 0 Å². The van der Waals surface area contributed by atoms with Crippen molar-refractivity contribution in [1.29, 1.82) is 0 Å². The van der Waals surface area contributed by atoms with Crippen LogP contribution in [0.3, 0.4) is 0 Å². The Hall–Kier alpha value is -9.82. The van der Waals surface area contributed by atoms with E-state index < -0.39 is 22.4 Å². The molecule has 10 aromatic carbocycles. The van der Waals surface area contributed by atoms with Gasteiger partial charge >= 0.3 is 0 Å². The van der Waals surface area contributed by atoms with Crippen molar-refractivity contribution in [2.24, 2.45) is 0 Å². The quantitative estimate of drug-likeness (QED) is 0.101. The first-order valence-corrected chi connectivity index (χ1v) is 32.2. The van der Waals surface area contributed by atoms with Gasteiger partial charge < -0.3 is 40.5 Å². The number of aromatic nitrogens is 2. The van der Waals surface area contributed by atoms with Crippen molar-refractivity contribution in [3.63, 3.8) is 0 Å². The van der Waals surface area contributed by atoms with Crippen molar-refractivity contribution < 1.29 is 29.9 Å². The maximum atomic E-state index is 12.1. The first-order valence-electron chi connectivity index (χ1n) is 32.2. The van der Waals surface area contributed by atoms with Gasteiger partial charge in [-0.05, 0) is 116 Å². The standard InChI is InChI=1S/2C32H22O2.2C6H7N.2C4H9NO/c2*33-31(27-13-5-1-9-23(27)24-10-2-6-14-28(24)31)21-17-19-22(20-18-21)32(34)29-15-7-3-11-25(29)26-12-4-8-16-30(26)32;2*1-6-2-4-7-5-3-6;2*1-3-6-4-2-5-1/h2*1-20,33-34H;2*2-5H,1H3;2*5H,1-4H2. The van der Waals surface area contributed by atoms with Gasteiger partial charge in [0.2, 0.25) is 0 Å². The maximum Gasteiger partial charge on any atom is 0.141 e. The van der Waals surface area contributed by atoms with E-state index in [4.69, 9.17) is 9.47 Å². The average Bonchev–Trinajstić information content (AvgIpc) is 1.57. The number of hydrogen-bond acceptors (Lipinski definition) is 10. The van der Waals surface area contributed by atoms with Crippen LogP contribution in [0, 0.1) is 13.8 Å². The number of rotatable bonds is 4. The Morgan fingerprint density at radius 2 is 0.426 bits per heavy atom. The Balaban J connectivity index is 0.000000123. The van der Waals surface area contributed by atoms with Gasteiger partial charge in [-0.2, -0.15) is 0 Å². The summed E-state index contributed by atoms with van der Waals surface area (Å²) in [7, 11) is 0. The van der Waals surface area contributed by atoms with Crippen LogP contribution in [-0.4, -0.2) is 83.0 Å². The molecule has 2 aliphatic heterocycles. The molecule has 0 amide bonds. The molecule has 94 heavy (non-hydrogen) atoms. The second-order valence-corrected chi connectivity index (χ2v) is 24.1. The molecule has 468 valence electrons. The van der Waals surface area contributed by atoms with E-state index in [2.05, 4.69) is 69.1 Å². The number of benzene rings is 10. The number of aryl methyl sites for hydroxylation is 2. The van der Waals surface area contributed by atoms with Crippen molar-refractivity contribution in [3.05, 3.63) is 370 Å². The minimum Gasteiger partial charge on any atom is -0.379 e. The zero-order valence-electron chi connectivity index (χ0n) is 52.9. The van der Waals surface area contributed by atoms with Crippen LogP contribution in [0.5, 0.6) is 0 Å². The molecule has 10 heteroatoms. The van der Waals surface area contributed by atoms with Gasteiger partial charge in [0.1, 0.15) is 22.4 Å². The third-order valence-corrected chi connectivity index (χ3v) is 18.5. The van der Waals surface area contributed by atoms with Gasteiger partial charge in [0.05, 0.1) is 26.4 Å². The summed E-state index contributed by atoms with van der Waals surface area (Å²) >= 11 is 0. The molecule has 2 aromatic heterocycles. The Labute approximate surface area is 550 Å². The summed E-state index contributed by atoms with van der Waals surface area (Å²) in [6, 6.07) is 87.9. The second-order valence-electron chi connectivity index (χ2n) is 24.1. The van der Waals surface area contributed by atoms with E-state index in [1.807, 2.05) is 232 Å². The highest BCUT2D eigenvalue weighted by atomic mass is 16.5. The number of pyridine rings is 2. The lowest BCUT2D eigenvalue weighted by molar-refractivity contribution is 0.109. The molecule has 0 radical (unpaired) electrons. The minimum atomic E-state index is -1.24. The minimum absolute atomic E-state index is 0.789. The number of morpholine rings is 2. The number of hydrogen-bond donors (Lipinski definition) is 6. The highest BCUT2D eigenvalue weighted by Gasteiger charge is 2.47. The Morgan fingerprint density at radius 1 is 0.255 bits per heavy atom. The van der Waals surface area contributed by atoms with Crippen molar-refractivity contribution in [2.45, 2.75) is 36.3 Å².